The minimum Gasteiger partial charge on any atom is -0.494 e. The first kappa shape index (κ1) is 17.8. The van der Waals surface area contributed by atoms with Crippen LogP contribution in [0.5, 0.6) is 11.5 Å². The number of fused-ring (bicyclic) bond motifs is 2. The molecule has 1 aromatic heterocycles. The average molecular weight is 457 g/mol. The molecule has 0 radical (unpaired) electrons. The van der Waals surface area contributed by atoms with Gasteiger partial charge in [-0.05, 0) is 12.1 Å². The highest BCUT2D eigenvalue weighted by atomic mass is 32.3. The van der Waals surface area contributed by atoms with Gasteiger partial charge in [-0.3, -0.25) is 0 Å². The van der Waals surface area contributed by atoms with Crippen LogP contribution >= 0.6 is 70.6 Å². The number of thioether (sulfide) groups is 6. The van der Waals surface area contributed by atoms with E-state index in [4.69, 9.17) is 19.4 Å². The molecule has 0 fully saturated rings. The predicted octanol–water partition coefficient (Wildman–Crippen LogP) is 6.06. The molecule has 0 saturated heterocycles. The van der Waals surface area contributed by atoms with Gasteiger partial charge in [0.15, 0.2) is 0 Å². The van der Waals surface area contributed by atoms with Crippen molar-refractivity contribution in [3.8, 4) is 11.5 Å². The van der Waals surface area contributed by atoms with Crippen molar-refractivity contribution in [2.45, 2.75) is 10.1 Å². The standard InChI is InChI=1S/C16H12N2O2S6/c1-19-7-3-4-8(20-2)10-9(7)17-11-12(18-10)24-15(23-11)16-25-13-14(26-16)22-6-5-21-13/h3-4H,5-6H2,1-2H3. The maximum atomic E-state index is 5.47. The van der Waals surface area contributed by atoms with Gasteiger partial charge in [0.05, 0.1) is 31.2 Å². The molecular formula is C16H12N2O2S6. The first-order valence-electron chi connectivity index (χ1n) is 7.65. The van der Waals surface area contributed by atoms with E-state index in [2.05, 4.69) is 0 Å². The van der Waals surface area contributed by atoms with Crippen LogP contribution in [0, 0.1) is 0 Å². The maximum absolute atomic E-state index is 5.47. The summed E-state index contributed by atoms with van der Waals surface area (Å²) in [5.74, 6) is 3.84. The Balaban J connectivity index is 1.54. The molecule has 0 N–H and O–H groups in total. The first-order chi connectivity index (χ1) is 12.8. The summed E-state index contributed by atoms with van der Waals surface area (Å²) in [4.78, 5) is 9.69. The minimum absolute atomic E-state index is 0.720. The van der Waals surface area contributed by atoms with Gasteiger partial charge >= 0.3 is 0 Å². The van der Waals surface area contributed by atoms with E-state index in [0.717, 1.165) is 32.6 Å². The summed E-state index contributed by atoms with van der Waals surface area (Å²) in [6.07, 6.45) is 0. The lowest BCUT2D eigenvalue weighted by atomic mass is 10.2. The van der Waals surface area contributed by atoms with Gasteiger partial charge in [0, 0.05) is 11.5 Å². The van der Waals surface area contributed by atoms with E-state index in [1.807, 2.05) is 59.2 Å². The fourth-order valence-electron chi connectivity index (χ4n) is 2.60. The van der Waals surface area contributed by atoms with Gasteiger partial charge in [0.2, 0.25) is 0 Å². The molecule has 26 heavy (non-hydrogen) atoms. The summed E-state index contributed by atoms with van der Waals surface area (Å²) in [5, 5.41) is 1.89. The monoisotopic (exact) mass is 456 g/mol. The van der Waals surface area contributed by atoms with E-state index in [1.165, 1.54) is 28.5 Å². The normalized spacial score (nSPS) is 19.2. The van der Waals surface area contributed by atoms with Gasteiger partial charge in [0.1, 0.15) is 32.6 Å². The van der Waals surface area contributed by atoms with Crippen LogP contribution in [0.1, 0.15) is 0 Å². The second-order valence-electron chi connectivity index (χ2n) is 5.26. The molecule has 0 aliphatic carbocycles. The van der Waals surface area contributed by atoms with Crippen molar-refractivity contribution in [2.75, 3.05) is 25.7 Å². The Morgan fingerprint density at radius 3 is 1.62 bits per heavy atom. The molecule has 0 atom stereocenters. The second-order valence-corrected chi connectivity index (χ2v) is 12.5. The van der Waals surface area contributed by atoms with E-state index in [1.54, 1.807) is 37.7 Å². The third-order valence-corrected chi connectivity index (χ3v) is 12.4. The zero-order chi connectivity index (χ0) is 17.7. The van der Waals surface area contributed by atoms with E-state index in [-0.39, 0.29) is 0 Å². The predicted molar refractivity (Wildman–Crippen MR) is 119 cm³/mol. The van der Waals surface area contributed by atoms with Gasteiger partial charge in [-0.1, -0.05) is 47.0 Å². The molecule has 0 saturated carbocycles. The molecule has 0 unspecified atom stereocenters. The Morgan fingerprint density at radius 1 is 0.692 bits per heavy atom. The minimum atomic E-state index is 0.720. The molecule has 4 heterocycles. The maximum Gasteiger partial charge on any atom is 0.147 e. The van der Waals surface area contributed by atoms with Crippen LogP contribution in [-0.4, -0.2) is 35.7 Å². The number of ether oxygens (including phenoxy) is 2. The quantitative estimate of drug-likeness (QED) is 0.533. The average Bonchev–Trinajstić information content (AvgIpc) is 3.28. The largest absolute Gasteiger partial charge is 0.494 e. The van der Waals surface area contributed by atoms with Crippen LogP contribution in [0.25, 0.3) is 11.0 Å². The summed E-state index contributed by atoms with van der Waals surface area (Å²) in [5.41, 5.74) is 1.50. The number of nitrogens with zero attached hydrogens (tertiary/aromatic N) is 2. The molecule has 3 aliphatic heterocycles. The van der Waals surface area contributed by atoms with Gasteiger partial charge in [-0.2, -0.15) is 0 Å². The Bertz CT molecular complexity index is 916. The Morgan fingerprint density at radius 2 is 1.15 bits per heavy atom. The lowest BCUT2D eigenvalue weighted by molar-refractivity contribution is 0.408. The highest BCUT2D eigenvalue weighted by Gasteiger charge is 2.32. The number of methoxy groups -OCH3 is 2. The van der Waals surface area contributed by atoms with Crippen molar-refractivity contribution in [2.24, 2.45) is 0 Å². The molecule has 4 nitrogen and oxygen atoms in total. The van der Waals surface area contributed by atoms with Gasteiger partial charge in [-0.25, -0.2) is 9.97 Å². The molecule has 2 aromatic rings. The Hall–Kier alpha value is -0.260. The molecule has 0 bridgehead atoms. The molecular weight excluding hydrogens is 445 g/mol. The van der Waals surface area contributed by atoms with Gasteiger partial charge < -0.3 is 9.47 Å². The summed E-state index contributed by atoms with van der Waals surface area (Å²) < 4.78 is 16.5. The van der Waals surface area contributed by atoms with Crippen molar-refractivity contribution < 1.29 is 9.47 Å². The molecule has 0 spiro atoms. The third-order valence-electron chi connectivity index (χ3n) is 3.76. The lowest BCUT2D eigenvalue weighted by Crippen LogP contribution is -1.95. The van der Waals surface area contributed by atoms with Gasteiger partial charge in [0.25, 0.3) is 0 Å². The fraction of sp³-hybridized carbons (Fsp3) is 0.250. The number of aromatic nitrogens is 2. The topological polar surface area (TPSA) is 44.2 Å². The van der Waals surface area contributed by atoms with Crippen molar-refractivity contribution in [1.29, 1.82) is 0 Å². The van der Waals surface area contributed by atoms with Crippen molar-refractivity contribution in [3.05, 3.63) is 29.1 Å². The summed E-state index contributed by atoms with van der Waals surface area (Å²) in [6, 6.07) is 3.76. The number of benzene rings is 1. The van der Waals surface area contributed by atoms with E-state index in [0.29, 0.717) is 0 Å². The molecule has 134 valence electrons. The van der Waals surface area contributed by atoms with Crippen LogP contribution in [0.3, 0.4) is 0 Å². The Labute approximate surface area is 176 Å². The molecule has 1 aromatic carbocycles. The number of rotatable bonds is 2. The van der Waals surface area contributed by atoms with Crippen LogP contribution in [0.2, 0.25) is 0 Å². The van der Waals surface area contributed by atoms with Crippen molar-refractivity contribution in [3.63, 3.8) is 0 Å². The lowest BCUT2D eigenvalue weighted by Gasteiger charge is -2.09. The van der Waals surface area contributed by atoms with Crippen LogP contribution in [-0.2, 0) is 0 Å². The van der Waals surface area contributed by atoms with Gasteiger partial charge in [-0.15, -0.1) is 23.5 Å². The SMILES string of the molecule is COc1ccc(OC)c2nc3c(nc12)SC(=C1SC2=C(SCCS2)S1)S3. The smallest absolute Gasteiger partial charge is 0.147 e. The summed E-state index contributed by atoms with van der Waals surface area (Å²) >= 11 is 11.2. The zero-order valence-corrected chi connectivity index (χ0v) is 18.6. The molecule has 3 aliphatic rings. The van der Waals surface area contributed by atoms with Crippen LogP contribution < -0.4 is 9.47 Å². The Kier molecular flexibility index (Phi) is 4.99. The van der Waals surface area contributed by atoms with Crippen LogP contribution in [0.4, 0.5) is 0 Å². The summed E-state index contributed by atoms with van der Waals surface area (Å²) in [6.45, 7) is 0. The third kappa shape index (κ3) is 3.02. The summed E-state index contributed by atoms with van der Waals surface area (Å²) in [7, 11) is 3.31. The molecule has 0 amide bonds. The van der Waals surface area contributed by atoms with E-state index in [9.17, 15) is 0 Å². The van der Waals surface area contributed by atoms with Crippen LogP contribution in [0.15, 0.2) is 39.1 Å². The van der Waals surface area contributed by atoms with Crippen molar-refractivity contribution in [1.82, 2.24) is 9.97 Å². The first-order valence-corrected chi connectivity index (χ1v) is 12.9. The van der Waals surface area contributed by atoms with Crippen molar-refractivity contribution >= 4 is 81.6 Å². The highest BCUT2D eigenvalue weighted by Crippen LogP contribution is 2.64. The second kappa shape index (κ2) is 7.29. The highest BCUT2D eigenvalue weighted by molar-refractivity contribution is 8.42. The molecule has 5 rings (SSSR count). The van der Waals surface area contributed by atoms with E-state index < -0.39 is 0 Å². The number of hydrogen-bond donors (Lipinski definition) is 0. The fourth-order valence-corrected chi connectivity index (χ4v) is 11.2. The molecule has 10 heteroatoms. The van der Waals surface area contributed by atoms with E-state index >= 15 is 0 Å². The number of hydrogen-bond acceptors (Lipinski definition) is 10. The zero-order valence-electron chi connectivity index (χ0n) is 13.7.